The van der Waals surface area contributed by atoms with E-state index in [4.69, 9.17) is 15.2 Å². The third kappa shape index (κ3) is 4.52. The smallest absolute Gasteiger partial charge is 0.416 e. The van der Waals surface area contributed by atoms with Gasteiger partial charge in [0, 0.05) is 24.3 Å². The van der Waals surface area contributed by atoms with E-state index >= 15 is 0 Å². The highest BCUT2D eigenvalue weighted by atomic mass is 19.4. The van der Waals surface area contributed by atoms with Crippen molar-refractivity contribution < 1.29 is 27.4 Å². The van der Waals surface area contributed by atoms with Gasteiger partial charge < -0.3 is 20.5 Å². The van der Waals surface area contributed by atoms with Gasteiger partial charge in [0.1, 0.15) is 17.4 Å². The number of ether oxygens (including phenoxy) is 2. The monoisotopic (exact) mass is 462 g/mol. The molecule has 1 aromatic heterocycles. The molecule has 0 bridgehead atoms. The second-order valence-corrected chi connectivity index (χ2v) is 8.35. The Labute approximate surface area is 189 Å². The number of nitrogens with one attached hydrogen (secondary N) is 1. The molecule has 2 aromatic rings. The Morgan fingerprint density at radius 3 is 2.67 bits per heavy atom. The predicted molar refractivity (Wildman–Crippen MR) is 116 cm³/mol. The third-order valence-electron chi connectivity index (χ3n) is 5.99. The minimum absolute atomic E-state index is 0.000541. The predicted octanol–water partition coefficient (Wildman–Crippen LogP) is 4.40. The molecule has 1 aliphatic heterocycles. The van der Waals surface area contributed by atoms with Gasteiger partial charge in [0.2, 0.25) is 0 Å². The maximum absolute atomic E-state index is 13.6. The number of aryl methyl sites for hydroxylation is 1. The normalized spacial score (nSPS) is 21.4. The van der Waals surface area contributed by atoms with Crippen molar-refractivity contribution in [3.8, 4) is 0 Å². The first-order valence-corrected chi connectivity index (χ1v) is 10.6. The van der Waals surface area contributed by atoms with Crippen molar-refractivity contribution in [1.82, 2.24) is 9.97 Å². The van der Waals surface area contributed by atoms with E-state index in [2.05, 4.69) is 15.3 Å². The average Bonchev–Trinajstić information content (AvgIpc) is 3.26. The van der Waals surface area contributed by atoms with Crippen LogP contribution in [0.5, 0.6) is 0 Å². The van der Waals surface area contributed by atoms with Crippen LogP contribution in [-0.4, -0.2) is 36.1 Å². The molecule has 0 spiro atoms. The van der Waals surface area contributed by atoms with Crippen molar-refractivity contribution >= 4 is 23.4 Å². The summed E-state index contributed by atoms with van der Waals surface area (Å²) < 4.78 is 50.8. The fourth-order valence-electron chi connectivity index (χ4n) is 4.38. The Kier molecular flexibility index (Phi) is 6.04. The van der Waals surface area contributed by atoms with Crippen LogP contribution in [0.25, 0.3) is 6.08 Å². The van der Waals surface area contributed by atoms with E-state index in [0.717, 1.165) is 18.6 Å². The number of carbonyl (C=O) groups is 1. The highest BCUT2D eigenvalue weighted by Gasteiger charge is 2.41. The number of anilines is 2. The van der Waals surface area contributed by atoms with Crippen LogP contribution in [0.1, 0.15) is 52.4 Å². The summed E-state index contributed by atoms with van der Waals surface area (Å²) in [6, 6.07) is 2.79. The lowest BCUT2D eigenvalue weighted by Crippen LogP contribution is -2.32. The molecule has 4 rings (SSSR count). The molecule has 1 aliphatic carbocycles. The summed E-state index contributed by atoms with van der Waals surface area (Å²) in [4.78, 5) is 22.4. The van der Waals surface area contributed by atoms with E-state index in [0.29, 0.717) is 41.6 Å². The first-order chi connectivity index (χ1) is 15.6. The van der Waals surface area contributed by atoms with Crippen molar-refractivity contribution in [2.24, 2.45) is 11.8 Å². The van der Waals surface area contributed by atoms with Gasteiger partial charge in [0.25, 0.3) is 0 Å². The Hall–Kier alpha value is -3.14. The number of benzene rings is 1. The lowest BCUT2D eigenvalue weighted by Gasteiger charge is -2.29. The highest BCUT2D eigenvalue weighted by molar-refractivity contribution is 6.08. The van der Waals surface area contributed by atoms with Gasteiger partial charge in [0.05, 0.1) is 42.5 Å². The van der Waals surface area contributed by atoms with Crippen molar-refractivity contribution in [3.63, 3.8) is 0 Å². The van der Waals surface area contributed by atoms with E-state index in [1.807, 2.05) is 0 Å². The quantitative estimate of drug-likeness (QED) is 0.636. The SMILES string of the molecule is COC1=Cc2nc(C)nc(N[C@H](C)c3cc(N)cc(C(F)(F)F)c3)c2C(=O)C1[C@@H]1CCOC1. The number of ketones is 1. The third-order valence-corrected chi connectivity index (χ3v) is 5.99. The highest BCUT2D eigenvalue weighted by Crippen LogP contribution is 2.39. The van der Waals surface area contributed by atoms with E-state index < -0.39 is 23.7 Å². The zero-order chi connectivity index (χ0) is 23.9. The van der Waals surface area contributed by atoms with Crippen LogP contribution in [0, 0.1) is 18.8 Å². The molecule has 10 heteroatoms. The zero-order valence-corrected chi connectivity index (χ0v) is 18.5. The maximum atomic E-state index is 13.6. The molecular formula is C23H25F3N4O3. The number of aromatic nitrogens is 2. The molecule has 0 radical (unpaired) electrons. The Morgan fingerprint density at radius 2 is 2.03 bits per heavy atom. The van der Waals surface area contributed by atoms with Crippen molar-refractivity contribution in [2.45, 2.75) is 32.5 Å². The number of nitrogens with two attached hydrogens (primary N) is 1. The van der Waals surface area contributed by atoms with Crippen molar-refractivity contribution in [3.05, 3.63) is 52.2 Å². The number of allylic oxidation sites excluding steroid dienone is 1. The number of nitrogen functional groups attached to an aromatic ring is 1. The van der Waals surface area contributed by atoms with Gasteiger partial charge in [-0.05, 0) is 44.0 Å². The van der Waals surface area contributed by atoms with Gasteiger partial charge in [-0.3, -0.25) is 4.79 Å². The average molecular weight is 462 g/mol. The second-order valence-electron chi connectivity index (χ2n) is 8.35. The minimum atomic E-state index is -4.53. The van der Waals surface area contributed by atoms with Crippen LogP contribution < -0.4 is 11.1 Å². The van der Waals surface area contributed by atoms with Crippen LogP contribution in [0.4, 0.5) is 24.7 Å². The number of nitrogens with zero attached hydrogens (tertiary/aromatic N) is 2. The largest absolute Gasteiger partial charge is 0.500 e. The van der Waals surface area contributed by atoms with E-state index in [1.165, 1.54) is 13.2 Å². The molecule has 7 nitrogen and oxygen atoms in total. The number of methoxy groups -OCH3 is 1. The van der Waals surface area contributed by atoms with Crippen molar-refractivity contribution in [1.29, 1.82) is 0 Å². The fraction of sp³-hybridized carbons (Fsp3) is 0.435. The van der Waals surface area contributed by atoms with Crippen LogP contribution in [0.2, 0.25) is 0 Å². The van der Waals surface area contributed by atoms with Gasteiger partial charge >= 0.3 is 6.18 Å². The molecule has 1 unspecified atom stereocenters. The minimum Gasteiger partial charge on any atom is -0.500 e. The molecule has 0 amide bonds. The number of halogens is 3. The lowest BCUT2D eigenvalue weighted by atomic mass is 9.79. The summed E-state index contributed by atoms with van der Waals surface area (Å²) in [6.45, 7) is 4.38. The number of hydrogen-bond donors (Lipinski definition) is 2. The summed E-state index contributed by atoms with van der Waals surface area (Å²) >= 11 is 0. The second kappa shape index (κ2) is 8.66. The van der Waals surface area contributed by atoms with E-state index in [9.17, 15) is 18.0 Å². The molecular weight excluding hydrogens is 437 g/mol. The lowest BCUT2D eigenvalue weighted by molar-refractivity contribution is -0.137. The molecule has 3 atom stereocenters. The van der Waals surface area contributed by atoms with Crippen LogP contribution in [0.15, 0.2) is 24.0 Å². The zero-order valence-electron chi connectivity index (χ0n) is 18.5. The van der Waals surface area contributed by atoms with Crippen molar-refractivity contribution in [2.75, 3.05) is 31.4 Å². The molecule has 1 fully saturated rings. The van der Waals surface area contributed by atoms with Crippen LogP contribution in [-0.2, 0) is 15.7 Å². The number of alkyl halides is 3. The fourth-order valence-corrected chi connectivity index (χ4v) is 4.38. The summed E-state index contributed by atoms with van der Waals surface area (Å²) in [5.74, 6) is 0.433. The maximum Gasteiger partial charge on any atom is 0.416 e. The number of hydrogen-bond acceptors (Lipinski definition) is 7. The molecule has 33 heavy (non-hydrogen) atoms. The summed E-state index contributed by atoms with van der Waals surface area (Å²) in [6.07, 6.45) is -2.07. The Balaban J connectivity index is 1.73. The van der Waals surface area contributed by atoms with Gasteiger partial charge in [-0.25, -0.2) is 9.97 Å². The number of carbonyl (C=O) groups excluding carboxylic acids is 1. The Morgan fingerprint density at radius 1 is 1.27 bits per heavy atom. The molecule has 0 saturated carbocycles. The molecule has 1 aromatic carbocycles. The number of Topliss-reactive ketones (excluding diaryl/α,β-unsaturated/α-hetero) is 1. The number of fused-ring (bicyclic) bond motifs is 1. The molecule has 2 aliphatic rings. The van der Waals surface area contributed by atoms with E-state index in [-0.39, 0.29) is 23.2 Å². The standard InChI is InChI=1S/C23H25F3N4O3/c1-11(14-6-15(23(24,25)26)8-16(27)7-14)28-22-20-17(29-12(2)30-22)9-18(32-3)19(21(20)31)13-4-5-33-10-13/h6-9,11,13,19H,4-5,10,27H2,1-3H3,(H,28,29,30)/t11-,13-,19?/m1/s1. The molecule has 3 N–H and O–H groups in total. The summed E-state index contributed by atoms with van der Waals surface area (Å²) in [5.41, 5.74) is 5.92. The molecule has 1 saturated heterocycles. The van der Waals surface area contributed by atoms with Crippen LogP contribution >= 0.6 is 0 Å². The van der Waals surface area contributed by atoms with Gasteiger partial charge in [0.15, 0.2) is 5.78 Å². The summed E-state index contributed by atoms with van der Waals surface area (Å²) in [5, 5.41) is 3.11. The van der Waals surface area contributed by atoms with E-state index in [1.54, 1.807) is 19.9 Å². The van der Waals surface area contributed by atoms with Crippen LogP contribution in [0.3, 0.4) is 0 Å². The number of rotatable bonds is 5. The molecule has 2 heterocycles. The Bertz CT molecular complexity index is 1110. The van der Waals surface area contributed by atoms with Gasteiger partial charge in [-0.2, -0.15) is 13.2 Å². The summed E-state index contributed by atoms with van der Waals surface area (Å²) in [7, 11) is 1.51. The molecule has 176 valence electrons. The first-order valence-electron chi connectivity index (χ1n) is 10.6. The topological polar surface area (TPSA) is 99.4 Å². The van der Waals surface area contributed by atoms with Gasteiger partial charge in [-0.15, -0.1) is 0 Å². The first kappa shape index (κ1) is 23.0. The van der Waals surface area contributed by atoms with Gasteiger partial charge in [-0.1, -0.05) is 0 Å².